The van der Waals surface area contributed by atoms with Crippen molar-refractivity contribution in [3.05, 3.63) is 18.0 Å². The van der Waals surface area contributed by atoms with Crippen molar-refractivity contribution >= 4 is 11.8 Å². The van der Waals surface area contributed by atoms with E-state index in [9.17, 15) is 9.59 Å². The summed E-state index contributed by atoms with van der Waals surface area (Å²) in [5.74, 6) is -0.111. The van der Waals surface area contributed by atoms with Crippen LogP contribution in [0.2, 0.25) is 0 Å². The molecule has 0 radical (unpaired) electrons. The molecular weight excluding hydrogens is 328 g/mol. The monoisotopic (exact) mass is 360 g/mol. The highest BCUT2D eigenvalue weighted by atomic mass is 16.2. The Morgan fingerprint density at radius 2 is 1.62 bits per heavy atom. The van der Waals surface area contributed by atoms with Gasteiger partial charge in [-0.2, -0.15) is 5.10 Å². The molecule has 1 heterocycles. The van der Waals surface area contributed by atoms with Crippen LogP contribution < -0.4 is 10.6 Å². The summed E-state index contributed by atoms with van der Waals surface area (Å²) in [6, 6.07) is 1.91. The van der Waals surface area contributed by atoms with Gasteiger partial charge in [-0.15, -0.1) is 0 Å². The molecule has 3 rings (SSSR count). The lowest BCUT2D eigenvalue weighted by atomic mass is 9.95. The van der Waals surface area contributed by atoms with E-state index in [0.29, 0.717) is 12.1 Å². The van der Waals surface area contributed by atoms with E-state index in [1.165, 1.54) is 38.5 Å². The van der Waals surface area contributed by atoms with E-state index in [0.717, 1.165) is 25.7 Å². The Morgan fingerprint density at radius 1 is 1.04 bits per heavy atom. The Morgan fingerprint density at radius 3 is 2.19 bits per heavy atom. The smallest absolute Gasteiger partial charge is 0.271 e. The molecule has 0 spiro atoms. The van der Waals surface area contributed by atoms with E-state index in [1.54, 1.807) is 16.9 Å². The zero-order chi connectivity index (χ0) is 18.4. The molecule has 2 saturated carbocycles. The molecule has 0 aromatic carbocycles. The highest BCUT2D eigenvalue weighted by Gasteiger charge is 2.25. The van der Waals surface area contributed by atoms with E-state index >= 15 is 0 Å². The summed E-state index contributed by atoms with van der Waals surface area (Å²) in [5.41, 5.74) is 0.402. The zero-order valence-electron chi connectivity index (χ0n) is 15.9. The summed E-state index contributed by atoms with van der Waals surface area (Å²) in [7, 11) is 0. The quantitative estimate of drug-likeness (QED) is 0.817. The summed E-state index contributed by atoms with van der Waals surface area (Å²) in [4.78, 5) is 25.1. The third-order valence-corrected chi connectivity index (χ3v) is 5.74. The van der Waals surface area contributed by atoms with Crippen molar-refractivity contribution in [2.24, 2.45) is 0 Å². The van der Waals surface area contributed by atoms with E-state index in [-0.39, 0.29) is 29.9 Å². The molecule has 2 fully saturated rings. The fourth-order valence-corrected chi connectivity index (χ4v) is 4.18. The molecule has 2 amide bonds. The van der Waals surface area contributed by atoms with Gasteiger partial charge < -0.3 is 10.6 Å². The molecule has 26 heavy (non-hydrogen) atoms. The van der Waals surface area contributed by atoms with Gasteiger partial charge in [0, 0.05) is 18.3 Å². The van der Waals surface area contributed by atoms with Crippen molar-refractivity contribution in [2.75, 3.05) is 0 Å². The Kier molecular flexibility index (Phi) is 6.69. The molecule has 2 aliphatic rings. The lowest BCUT2D eigenvalue weighted by molar-refractivity contribution is -0.125. The number of nitrogens with zero attached hydrogens (tertiary/aromatic N) is 2. The van der Waals surface area contributed by atoms with Crippen molar-refractivity contribution < 1.29 is 9.59 Å². The summed E-state index contributed by atoms with van der Waals surface area (Å²) >= 11 is 0. The Balaban J connectivity index is 1.58. The number of amides is 2. The van der Waals surface area contributed by atoms with Crippen LogP contribution in [0.3, 0.4) is 0 Å². The largest absolute Gasteiger partial charge is 0.352 e. The maximum Gasteiger partial charge on any atom is 0.271 e. The standard InChI is InChI=1S/C20H32N4O2/c1-2-18(20(26)22-16-11-7-4-8-12-16)24-14-13-17(23-24)19(25)21-15-9-5-3-6-10-15/h13-16,18H,2-12H2,1H3,(H,21,25)(H,22,26)/t18-/m0/s1. The average molecular weight is 361 g/mol. The van der Waals surface area contributed by atoms with Crippen molar-refractivity contribution in [3.63, 3.8) is 0 Å². The van der Waals surface area contributed by atoms with Crippen molar-refractivity contribution in [2.45, 2.75) is 95.7 Å². The number of nitrogens with one attached hydrogen (secondary N) is 2. The van der Waals surface area contributed by atoms with Crippen molar-refractivity contribution in [3.8, 4) is 0 Å². The molecule has 6 heteroatoms. The van der Waals surface area contributed by atoms with Crippen molar-refractivity contribution in [1.82, 2.24) is 20.4 Å². The van der Waals surface area contributed by atoms with Gasteiger partial charge in [0.25, 0.3) is 5.91 Å². The van der Waals surface area contributed by atoms with Crippen molar-refractivity contribution in [1.29, 1.82) is 0 Å². The maximum atomic E-state index is 12.7. The van der Waals surface area contributed by atoms with Crippen LogP contribution in [0.5, 0.6) is 0 Å². The first kappa shape index (κ1) is 18.9. The first-order valence-corrected chi connectivity index (χ1v) is 10.3. The Hall–Kier alpha value is -1.85. The van der Waals surface area contributed by atoms with Crippen LogP contribution in [0.15, 0.2) is 12.3 Å². The van der Waals surface area contributed by atoms with Gasteiger partial charge in [-0.1, -0.05) is 45.4 Å². The topological polar surface area (TPSA) is 76.0 Å². The Labute approximate surface area is 156 Å². The number of hydrogen-bond acceptors (Lipinski definition) is 3. The molecule has 144 valence electrons. The van der Waals surface area contributed by atoms with Gasteiger partial charge in [-0.05, 0) is 38.2 Å². The maximum absolute atomic E-state index is 12.7. The third kappa shape index (κ3) is 4.86. The molecule has 6 nitrogen and oxygen atoms in total. The van der Waals surface area contributed by atoms with Gasteiger partial charge >= 0.3 is 0 Å². The number of rotatable bonds is 6. The minimum absolute atomic E-state index is 0.0155. The molecule has 0 saturated heterocycles. The van der Waals surface area contributed by atoms with Gasteiger partial charge in [0.2, 0.25) is 5.91 Å². The third-order valence-electron chi connectivity index (χ3n) is 5.74. The minimum atomic E-state index is -0.354. The molecule has 2 aliphatic carbocycles. The summed E-state index contributed by atoms with van der Waals surface area (Å²) < 4.78 is 1.65. The van der Waals surface area contributed by atoms with Gasteiger partial charge in [-0.3, -0.25) is 14.3 Å². The zero-order valence-corrected chi connectivity index (χ0v) is 15.9. The number of carbonyl (C=O) groups excluding carboxylic acids is 2. The minimum Gasteiger partial charge on any atom is -0.352 e. The number of carbonyl (C=O) groups is 2. The fourth-order valence-electron chi connectivity index (χ4n) is 4.18. The van der Waals surface area contributed by atoms with Crippen LogP contribution in [0.4, 0.5) is 0 Å². The van der Waals surface area contributed by atoms with Crippen LogP contribution in [-0.2, 0) is 4.79 Å². The molecule has 1 aromatic rings. The van der Waals surface area contributed by atoms with E-state index in [1.807, 2.05) is 6.92 Å². The first-order chi connectivity index (χ1) is 12.7. The summed E-state index contributed by atoms with van der Waals surface area (Å²) in [5, 5.41) is 10.7. The molecule has 2 N–H and O–H groups in total. The lowest BCUT2D eigenvalue weighted by Gasteiger charge is -2.25. The normalized spacial score (nSPS) is 20.5. The van der Waals surface area contributed by atoms with Crippen LogP contribution in [0.1, 0.15) is 94.1 Å². The first-order valence-electron chi connectivity index (χ1n) is 10.3. The lowest BCUT2D eigenvalue weighted by Crippen LogP contribution is -2.41. The Bertz CT molecular complexity index is 601. The van der Waals surface area contributed by atoms with Gasteiger partial charge in [0.1, 0.15) is 11.7 Å². The highest BCUT2D eigenvalue weighted by molar-refractivity contribution is 5.92. The van der Waals surface area contributed by atoms with Crippen LogP contribution in [0, 0.1) is 0 Å². The second-order valence-corrected chi connectivity index (χ2v) is 7.76. The summed E-state index contributed by atoms with van der Waals surface area (Å²) in [6.07, 6.45) is 13.9. The molecule has 1 atom stereocenters. The number of aromatic nitrogens is 2. The SMILES string of the molecule is CC[C@@H](C(=O)NC1CCCCC1)n1ccc(C(=O)NC2CCCCC2)n1. The second-order valence-electron chi connectivity index (χ2n) is 7.76. The van der Waals surface area contributed by atoms with Gasteiger partial charge in [0.05, 0.1) is 0 Å². The number of hydrogen-bond donors (Lipinski definition) is 2. The van der Waals surface area contributed by atoms with E-state index < -0.39 is 0 Å². The molecular formula is C20H32N4O2. The highest BCUT2D eigenvalue weighted by Crippen LogP contribution is 2.20. The molecule has 1 aromatic heterocycles. The van der Waals surface area contributed by atoms with E-state index in [4.69, 9.17) is 0 Å². The van der Waals surface area contributed by atoms with Crippen LogP contribution >= 0.6 is 0 Å². The molecule has 0 bridgehead atoms. The average Bonchev–Trinajstić information content (AvgIpc) is 3.14. The fraction of sp³-hybridized carbons (Fsp3) is 0.750. The molecule has 0 unspecified atom stereocenters. The predicted molar refractivity (Wildman–Crippen MR) is 101 cm³/mol. The van der Waals surface area contributed by atoms with Gasteiger partial charge in [-0.25, -0.2) is 0 Å². The van der Waals surface area contributed by atoms with E-state index in [2.05, 4.69) is 15.7 Å². The van der Waals surface area contributed by atoms with Crippen LogP contribution in [0.25, 0.3) is 0 Å². The summed E-state index contributed by atoms with van der Waals surface area (Å²) in [6.45, 7) is 1.98. The van der Waals surface area contributed by atoms with Gasteiger partial charge in [0.15, 0.2) is 0 Å². The van der Waals surface area contributed by atoms with Crippen LogP contribution in [-0.4, -0.2) is 33.7 Å². The molecule has 0 aliphatic heterocycles. The second kappa shape index (κ2) is 9.19. The predicted octanol–water partition coefficient (Wildman–Crippen LogP) is 3.35.